The van der Waals surface area contributed by atoms with E-state index in [4.69, 9.17) is 0 Å². The summed E-state index contributed by atoms with van der Waals surface area (Å²) < 4.78 is 27.7. The van der Waals surface area contributed by atoms with Crippen LogP contribution in [0.3, 0.4) is 0 Å². The van der Waals surface area contributed by atoms with Gasteiger partial charge in [0.25, 0.3) is 10.0 Å². The number of hydrogen-bond donors (Lipinski definition) is 2. The van der Waals surface area contributed by atoms with Crippen molar-refractivity contribution in [1.29, 1.82) is 0 Å². The van der Waals surface area contributed by atoms with Gasteiger partial charge in [-0.3, -0.25) is 9.48 Å². The Labute approximate surface area is 107 Å². The van der Waals surface area contributed by atoms with Crippen LogP contribution in [-0.2, 0) is 23.6 Å². The Morgan fingerprint density at radius 2 is 2.28 bits per heavy atom. The number of aromatic amines is 1. The topological polar surface area (TPSA) is 110 Å². The molecule has 0 aliphatic rings. The van der Waals surface area contributed by atoms with Gasteiger partial charge < -0.3 is 4.98 Å². The molecule has 0 saturated carbocycles. The van der Waals surface area contributed by atoms with E-state index >= 15 is 0 Å². The minimum absolute atomic E-state index is 0.0107. The molecule has 2 heterocycles. The summed E-state index contributed by atoms with van der Waals surface area (Å²) in [6.07, 6.45) is 1.48. The maximum absolute atomic E-state index is 11.9. The number of thiazole rings is 1. The highest BCUT2D eigenvalue weighted by Gasteiger charge is 2.20. The third kappa shape index (κ3) is 2.66. The third-order valence-corrected chi connectivity index (χ3v) is 5.10. The smallest absolute Gasteiger partial charge is 0.305 e. The first-order chi connectivity index (χ1) is 8.38. The second-order valence-corrected chi connectivity index (χ2v) is 6.53. The lowest BCUT2D eigenvalue weighted by Crippen LogP contribution is -2.23. The van der Waals surface area contributed by atoms with Gasteiger partial charge in [-0.05, 0) is 6.92 Å². The highest BCUT2D eigenvalue weighted by atomic mass is 32.2. The van der Waals surface area contributed by atoms with Crippen molar-refractivity contribution in [3.63, 3.8) is 0 Å². The summed E-state index contributed by atoms with van der Waals surface area (Å²) in [4.78, 5) is 17.0. The SMILES string of the molecule is Cc1[nH]c(=O)sc1S(=O)(=O)NCc1ncn(C)n1. The predicted molar refractivity (Wildman–Crippen MR) is 64.7 cm³/mol. The van der Waals surface area contributed by atoms with Gasteiger partial charge in [0.2, 0.25) is 0 Å². The van der Waals surface area contributed by atoms with Crippen LogP contribution in [0.2, 0.25) is 0 Å². The van der Waals surface area contributed by atoms with Gasteiger partial charge in [-0.25, -0.2) is 18.1 Å². The Hall–Kier alpha value is -1.52. The zero-order valence-electron chi connectivity index (χ0n) is 9.67. The molecule has 0 fully saturated rings. The predicted octanol–water partition coefficient (Wildman–Crippen LogP) is -0.648. The molecule has 0 spiro atoms. The Balaban J connectivity index is 2.18. The highest BCUT2D eigenvalue weighted by molar-refractivity contribution is 7.91. The number of aryl methyl sites for hydroxylation is 2. The van der Waals surface area contributed by atoms with Crippen LogP contribution in [0.1, 0.15) is 11.5 Å². The summed E-state index contributed by atoms with van der Waals surface area (Å²) in [5.41, 5.74) is 0.325. The molecule has 0 unspecified atom stereocenters. The average molecular weight is 289 g/mol. The van der Waals surface area contributed by atoms with Gasteiger partial charge >= 0.3 is 4.87 Å². The van der Waals surface area contributed by atoms with Crippen molar-refractivity contribution >= 4 is 21.4 Å². The summed E-state index contributed by atoms with van der Waals surface area (Å²) in [7, 11) is -2.02. The Bertz CT molecular complexity index is 711. The molecule has 2 rings (SSSR count). The van der Waals surface area contributed by atoms with Gasteiger partial charge in [-0.2, -0.15) is 5.10 Å². The fourth-order valence-corrected chi connectivity index (χ4v) is 3.66. The van der Waals surface area contributed by atoms with Crippen molar-refractivity contribution in [1.82, 2.24) is 24.5 Å². The first kappa shape index (κ1) is 12.9. The molecule has 2 aromatic heterocycles. The van der Waals surface area contributed by atoms with Crippen molar-refractivity contribution in [3.05, 3.63) is 27.5 Å². The summed E-state index contributed by atoms with van der Waals surface area (Å²) in [6.45, 7) is 1.51. The third-order valence-electron chi connectivity index (χ3n) is 2.09. The van der Waals surface area contributed by atoms with E-state index in [1.54, 1.807) is 7.05 Å². The molecule has 0 aliphatic heterocycles. The monoisotopic (exact) mass is 289 g/mol. The lowest BCUT2D eigenvalue weighted by Gasteiger charge is -2.02. The van der Waals surface area contributed by atoms with Crippen LogP contribution in [0, 0.1) is 6.92 Å². The number of rotatable bonds is 4. The molecule has 98 valence electrons. The minimum Gasteiger partial charge on any atom is -0.315 e. The van der Waals surface area contributed by atoms with Gasteiger partial charge in [0, 0.05) is 12.7 Å². The van der Waals surface area contributed by atoms with E-state index in [9.17, 15) is 13.2 Å². The van der Waals surface area contributed by atoms with Crippen LogP contribution in [0.15, 0.2) is 15.3 Å². The van der Waals surface area contributed by atoms with E-state index in [1.807, 2.05) is 0 Å². The molecule has 10 heteroatoms. The van der Waals surface area contributed by atoms with E-state index in [1.165, 1.54) is 17.9 Å². The normalized spacial score (nSPS) is 11.9. The van der Waals surface area contributed by atoms with Crippen molar-refractivity contribution in [2.24, 2.45) is 7.05 Å². The molecule has 2 aromatic rings. The van der Waals surface area contributed by atoms with Crippen molar-refractivity contribution in [2.45, 2.75) is 17.7 Å². The number of nitrogens with one attached hydrogen (secondary N) is 2. The van der Waals surface area contributed by atoms with Crippen molar-refractivity contribution in [3.8, 4) is 0 Å². The molecule has 0 aliphatic carbocycles. The van der Waals surface area contributed by atoms with E-state index in [2.05, 4.69) is 19.8 Å². The lowest BCUT2D eigenvalue weighted by molar-refractivity contribution is 0.580. The van der Waals surface area contributed by atoms with Crippen molar-refractivity contribution < 1.29 is 8.42 Å². The van der Waals surface area contributed by atoms with E-state index < -0.39 is 14.9 Å². The fraction of sp³-hybridized carbons (Fsp3) is 0.375. The maximum Gasteiger partial charge on any atom is 0.305 e. The van der Waals surface area contributed by atoms with E-state index in [0.717, 1.165) is 0 Å². The summed E-state index contributed by atoms with van der Waals surface area (Å²) in [6, 6.07) is 0. The first-order valence-electron chi connectivity index (χ1n) is 4.92. The number of H-pyrrole nitrogens is 1. The lowest BCUT2D eigenvalue weighted by atomic mass is 10.6. The number of sulfonamides is 1. The molecular formula is C8H11N5O3S2. The Morgan fingerprint density at radius 1 is 1.56 bits per heavy atom. The largest absolute Gasteiger partial charge is 0.315 e. The average Bonchev–Trinajstić information content (AvgIpc) is 2.82. The van der Waals surface area contributed by atoms with Crippen LogP contribution >= 0.6 is 11.3 Å². The quantitative estimate of drug-likeness (QED) is 0.777. The van der Waals surface area contributed by atoms with Gasteiger partial charge in [0.05, 0.1) is 6.54 Å². The molecule has 0 amide bonds. The number of hydrogen-bond acceptors (Lipinski definition) is 6. The van der Waals surface area contributed by atoms with E-state index in [0.29, 0.717) is 22.9 Å². The zero-order chi connectivity index (χ0) is 13.3. The van der Waals surface area contributed by atoms with Crippen LogP contribution in [-0.4, -0.2) is 28.2 Å². The maximum atomic E-state index is 11.9. The Morgan fingerprint density at radius 3 is 2.78 bits per heavy atom. The molecule has 0 saturated heterocycles. The van der Waals surface area contributed by atoms with Crippen LogP contribution < -0.4 is 9.60 Å². The van der Waals surface area contributed by atoms with Gasteiger partial charge in [-0.1, -0.05) is 11.3 Å². The van der Waals surface area contributed by atoms with Crippen LogP contribution in [0.25, 0.3) is 0 Å². The fourth-order valence-electron chi connectivity index (χ4n) is 1.34. The molecule has 0 atom stereocenters. The molecule has 8 nitrogen and oxygen atoms in total. The second-order valence-electron chi connectivity index (χ2n) is 3.59. The standard InChI is InChI=1S/C8H11N5O3S2/c1-5-7(17-8(14)11-5)18(15,16)10-3-6-9-4-13(2)12-6/h4,10H,3H2,1-2H3,(H,11,14). The number of nitrogens with zero attached hydrogens (tertiary/aromatic N) is 3. The van der Waals surface area contributed by atoms with Gasteiger partial charge in [-0.15, -0.1) is 0 Å². The molecular weight excluding hydrogens is 278 g/mol. The summed E-state index contributed by atoms with van der Waals surface area (Å²) in [5.74, 6) is 0.363. The number of aromatic nitrogens is 4. The van der Waals surface area contributed by atoms with Gasteiger partial charge in [0.15, 0.2) is 10.0 Å². The first-order valence-corrected chi connectivity index (χ1v) is 7.22. The molecule has 0 radical (unpaired) electrons. The van der Waals surface area contributed by atoms with Crippen molar-refractivity contribution in [2.75, 3.05) is 0 Å². The molecule has 2 N–H and O–H groups in total. The zero-order valence-corrected chi connectivity index (χ0v) is 11.3. The molecule has 0 bridgehead atoms. The highest BCUT2D eigenvalue weighted by Crippen LogP contribution is 2.15. The Kier molecular flexibility index (Phi) is 3.32. The summed E-state index contributed by atoms with van der Waals surface area (Å²) in [5, 5.41) is 3.95. The molecule has 18 heavy (non-hydrogen) atoms. The van der Waals surface area contributed by atoms with Gasteiger partial charge in [0.1, 0.15) is 6.33 Å². The van der Waals surface area contributed by atoms with Crippen LogP contribution in [0.4, 0.5) is 0 Å². The molecule has 0 aromatic carbocycles. The van der Waals surface area contributed by atoms with E-state index in [-0.39, 0.29) is 10.8 Å². The minimum atomic E-state index is -3.71. The summed E-state index contributed by atoms with van der Waals surface area (Å²) >= 11 is 0.654. The second kappa shape index (κ2) is 4.63. The van der Waals surface area contributed by atoms with Crippen LogP contribution in [0.5, 0.6) is 0 Å².